The molecule has 0 saturated carbocycles. The van der Waals surface area contributed by atoms with Crippen LogP contribution in [0, 0.1) is 0 Å². The molecule has 0 atom stereocenters. The van der Waals surface area contributed by atoms with Gasteiger partial charge in [0.15, 0.2) is 5.58 Å². The fraction of sp³-hybridized carbons (Fsp3) is 0.0698. The third kappa shape index (κ3) is 3.37. The van der Waals surface area contributed by atoms with Crippen molar-refractivity contribution in [1.82, 2.24) is 0 Å². The van der Waals surface area contributed by atoms with Gasteiger partial charge in [-0.1, -0.05) is 111 Å². The molecule has 10 rings (SSSR count). The first-order valence-corrected chi connectivity index (χ1v) is 15.9. The van der Waals surface area contributed by atoms with Crippen LogP contribution in [0.2, 0.25) is 0 Å². The summed E-state index contributed by atoms with van der Waals surface area (Å²) in [6.07, 6.45) is 0. The van der Waals surface area contributed by atoms with Gasteiger partial charge in [0.25, 0.3) is 0 Å². The molecule has 0 N–H and O–H groups in total. The molecule has 46 heavy (non-hydrogen) atoms. The maximum absolute atomic E-state index is 6.92. The molecule has 3 heteroatoms. The van der Waals surface area contributed by atoms with E-state index in [1.807, 2.05) is 12.1 Å². The molecule has 218 valence electrons. The summed E-state index contributed by atoms with van der Waals surface area (Å²) >= 11 is 0. The second kappa shape index (κ2) is 9.12. The second-order valence-electron chi connectivity index (χ2n) is 12.9. The predicted octanol–water partition coefficient (Wildman–Crippen LogP) is 12.4. The number of anilines is 3. The summed E-state index contributed by atoms with van der Waals surface area (Å²) in [5.74, 6) is 0. The van der Waals surface area contributed by atoms with Gasteiger partial charge in [0, 0.05) is 44.0 Å². The Bertz CT molecular complexity index is 2690. The number of fused-ring (bicyclic) bond motifs is 11. The van der Waals surface area contributed by atoms with Crippen LogP contribution in [0.3, 0.4) is 0 Å². The van der Waals surface area contributed by atoms with Crippen LogP contribution in [-0.4, -0.2) is 0 Å². The Morgan fingerprint density at radius 2 is 1.15 bits per heavy atom. The highest BCUT2D eigenvalue weighted by atomic mass is 16.3. The molecule has 0 aliphatic heterocycles. The lowest BCUT2D eigenvalue weighted by Gasteiger charge is -2.28. The Morgan fingerprint density at radius 3 is 2.09 bits per heavy atom. The summed E-state index contributed by atoms with van der Waals surface area (Å²) in [6.45, 7) is 4.66. The summed E-state index contributed by atoms with van der Waals surface area (Å²) in [5, 5.41) is 6.74. The van der Waals surface area contributed by atoms with E-state index in [9.17, 15) is 0 Å². The van der Waals surface area contributed by atoms with E-state index in [0.717, 1.165) is 66.3 Å². The van der Waals surface area contributed by atoms with Crippen molar-refractivity contribution in [2.45, 2.75) is 19.3 Å². The van der Waals surface area contributed by atoms with Crippen LogP contribution in [0.1, 0.15) is 25.0 Å². The molecule has 3 nitrogen and oxygen atoms in total. The highest BCUT2D eigenvalue weighted by Gasteiger charge is 2.38. The van der Waals surface area contributed by atoms with Crippen LogP contribution in [0.25, 0.3) is 65.8 Å². The van der Waals surface area contributed by atoms with Crippen LogP contribution in [0.15, 0.2) is 148 Å². The Hall–Kier alpha value is -5.80. The van der Waals surface area contributed by atoms with Gasteiger partial charge in [-0.25, -0.2) is 0 Å². The van der Waals surface area contributed by atoms with E-state index in [-0.39, 0.29) is 5.41 Å². The van der Waals surface area contributed by atoms with Gasteiger partial charge in [-0.3, -0.25) is 0 Å². The topological polar surface area (TPSA) is 29.5 Å². The van der Waals surface area contributed by atoms with Gasteiger partial charge in [0.1, 0.15) is 16.7 Å². The fourth-order valence-electron chi connectivity index (χ4n) is 7.87. The number of hydrogen-bond donors (Lipinski definition) is 0. The van der Waals surface area contributed by atoms with E-state index in [2.05, 4.69) is 146 Å². The number of rotatable bonds is 3. The monoisotopic (exact) mass is 591 g/mol. The first-order chi connectivity index (χ1) is 22.6. The Balaban J connectivity index is 1.31. The molecular formula is C43H29NO2. The summed E-state index contributed by atoms with van der Waals surface area (Å²) in [5.41, 5.74) is 11.7. The number of para-hydroxylation sites is 2. The molecular weight excluding hydrogens is 562 g/mol. The number of nitrogens with zero attached hydrogens (tertiary/aromatic N) is 1. The van der Waals surface area contributed by atoms with Crippen LogP contribution in [0.5, 0.6) is 0 Å². The van der Waals surface area contributed by atoms with E-state index < -0.39 is 0 Å². The third-order valence-corrected chi connectivity index (χ3v) is 10.1. The van der Waals surface area contributed by atoms with Gasteiger partial charge in [-0.2, -0.15) is 0 Å². The van der Waals surface area contributed by atoms with Gasteiger partial charge < -0.3 is 13.7 Å². The van der Waals surface area contributed by atoms with Gasteiger partial charge in [-0.15, -0.1) is 0 Å². The van der Waals surface area contributed by atoms with Crippen LogP contribution in [-0.2, 0) is 5.41 Å². The summed E-state index contributed by atoms with van der Waals surface area (Å²) in [4.78, 5) is 2.37. The highest BCUT2D eigenvalue weighted by Crippen LogP contribution is 2.55. The minimum absolute atomic E-state index is 0.124. The number of benzene rings is 7. The molecule has 0 bridgehead atoms. The average Bonchev–Trinajstić information content (AvgIpc) is 3.74. The maximum atomic E-state index is 6.92. The Labute approximate surface area is 265 Å². The molecule has 0 spiro atoms. The van der Waals surface area contributed by atoms with E-state index in [4.69, 9.17) is 8.83 Å². The molecule has 0 radical (unpaired) electrons. The Kier molecular flexibility index (Phi) is 5.06. The van der Waals surface area contributed by atoms with Crippen molar-refractivity contribution in [3.63, 3.8) is 0 Å². The summed E-state index contributed by atoms with van der Waals surface area (Å²) in [7, 11) is 0. The fourth-order valence-corrected chi connectivity index (χ4v) is 7.87. The molecule has 0 unspecified atom stereocenters. The van der Waals surface area contributed by atoms with Crippen molar-refractivity contribution in [3.8, 4) is 11.1 Å². The van der Waals surface area contributed by atoms with Gasteiger partial charge in [0.2, 0.25) is 0 Å². The summed E-state index contributed by atoms with van der Waals surface area (Å²) < 4.78 is 13.4. The lowest BCUT2D eigenvalue weighted by Crippen LogP contribution is -2.16. The number of hydrogen-bond acceptors (Lipinski definition) is 3. The zero-order chi connectivity index (χ0) is 30.6. The molecule has 0 saturated heterocycles. The SMILES string of the molecule is CC1(C)c2ccccc2-c2c(N(c3ccc4c(c3)oc3ccccc34)c3cccc4c3oc3c5ccccc5ccc43)cccc21. The van der Waals surface area contributed by atoms with Crippen molar-refractivity contribution in [3.05, 3.63) is 151 Å². The van der Waals surface area contributed by atoms with Crippen molar-refractivity contribution < 1.29 is 8.83 Å². The van der Waals surface area contributed by atoms with Crippen molar-refractivity contribution in [2.24, 2.45) is 0 Å². The van der Waals surface area contributed by atoms with E-state index in [1.165, 1.54) is 27.6 Å². The zero-order valence-corrected chi connectivity index (χ0v) is 25.5. The summed E-state index contributed by atoms with van der Waals surface area (Å²) in [6, 6.07) is 49.7. The first-order valence-electron chi connectivity index (χ1n) is 15.9. The van der Waals surface area contributed by atoms with Gasteiger partial charge >= 0.3 is 0 Å². The van der Waals surface area contributed by atoms with Gasteiger partial charge in [0.05, 0.1) is 17.1 Å². The van der Waals surface area contributed by atoms with E-state index >= 15 is 0 Å². The first kappa shape index (κ1) is 25.5. The average molecular weight is 592 g/mol. The van der Waals surface area contributed by atoms with Gasteiger partial charge in [-0.05, 0) is 58.5 Å². The quantitative estimate of drug-likeness (QED) is 0.205. The minimum Gasteiger partial charge on any atom is -0.456 e. The molecule has 1 aliphatic carbocycles. The predicted molar refractivity (Wildman–Crippen MR) is 191 cm³/mol. The van der Waals surface area contributed by atoms with E-state index in [1.54, 1.807) is 0 Å². The third-order valence-electron chi connectivity index (χ3n) is 10.1. The Morgan fingerprint density at radius 1 is 0.478 bits per heavy atom. The standard InChI is InChI=1S/C43H29NO2/c1-43(2)34-16-7-5-14-33(34)40-35(43)17-10-18-36(40)44(27-22-24-30-29-13-6-8-20-38(29)45-39(30)25-27)37-19-9-15-31-32-23-21-26-11-3-4-12-28(26)41(32)46-42(31)37/h3-25H,1-2H3. The molecule has 9 aromatic rings. The number of furan rings is 2. The molecule has 1 aliphatic rings. The molecule has 0 amide bonds. The molecule has 0 fully saturated rings. The lowest BCUT2D eigenvalue weighted by atomic mass is 9.82. The normalized spacial score (nSPS) is 13.6. The zero-order valence-electron chi connectivity index (χ0n) is 25.5. The maximum Gasteiger partial charge on any atom is 0.159 e. The van der Waals surface area contributed by atoms with Crippen LogP contribution >= 0.6 is 0 Å². The van der Waals surface area contributed by atoms with Crippen LogP contribution < -0.4 is 4.90 Å². The van der Waals surface area contributed by atoms with Crippen molar-refractivity contribution >= 4 is 71.7 Å². The molecule has 2 aromatic heterocycles. The minimum atomic E-state index is -0.124. The molecule has 2 heterocycles. The highest BCUT2D eigenvalue weighted by molar-refractivity contribution is 6.18. The lowest BCUT2D eigenvalue weighted by molar-refractivity contribution is 0.660. The van der Waals surface area contributed by atoms with Crippen molar-refractivity contribution in [2.75, 3.05) is 4.90 Å². The smallest absolute Gasteiger partial charge is 0.159 e. The second-order valence-corrected chi connectivity index (χ2v) is 12.9. The van der Waals surface area contributed by atoms with E-state index in [0.29, 0.717) is 0 Å². The van der Waals surface area contributed by atoms with Crippen LogP contribution in [0.4, 0.5) is 17.1 Å². The van der Waals surface area contributed by atoms with Crippen molar-refractivity contribution in [1.29, 1.82) is 0 Å². The molecule has 7 aromatic carbocycles. The largest absolute Gasteiger partial charge is 0.456 e.